The number of fused-ring (bicyclic) bond motifs is 1. The van der Waals surface area contributed by atoms with E-state index in [4.69, 9.17) is 0 Å². The first-order chi connectivity index (χ1) is 12.0. The van der Waals surface area contributed by atoms with Crippen LogP contribution in [0.25, 0.3) is 22.4 Å². The maximum Gasteiger partial charge on any atom is 0.264 e. The molecule has 25 heavy (non-hydrogen) atoms. The third kappa shape index (κ3) is 2.79. The van der Waals surface area contributed by atoms with E-state index in [0.29, 0.717) is 0 Å². The van der Waals surface area contributed by atoms with Gasteiger partial charge in [-0.2, -0.15) is 9.13 Å². The molecular formula is C22H20BrN2+. The predicted octanol–water partition coefficient (Wildman–Crippen LogP) is 5.59. The maximum absolute atomic E-state index is 3.63. The lowest BCUT2D eigenvalue weighted by Crippen LogP contribution is -2.33. The van der Waals surface area contributed by atoms with Gasteiger partial charge in [0.15, 0.2) is 11.0 Å². The van der Waals surface area contributed by atoms with Crippen LogP contribution in [-0.4, -0.2) is 4.57 Å². The Morgan fingerprint density at radius 2 is 1.36 bits per heavy atom. The van der Waals surface area contributed by atoms with Crippen LogP contribution in [0.3, 0.4) is 0 Å². The van der Waals surface area contributed by atoms with Gasteiger partial charge in [0, 0.05) is 17.5 Å². The molecule has 0 saturated heterocycles. The molecule has 3 aromatic carbocycles. The van der Waals surface area contributed by atoms with Gasteiger partial charge in [-0.25, -0.2) is 0 Å². The lowest BCUT2D eigenvalue weighted by atomic mass is 10.2. The van der Waals surface area contributed by atoms with Gasteiger partial charge in [-0.05, 0) is 50.2 Å². The Balaban J connectivity index is 2.06. The van der Waals surface area contributed by atoms with Gasteiger partial charge in [-0.1, -0.05) is 51.3 Å². The van der Waals surface area contributed by atoms with Crippen molar-refractivity contribution in [1.29, 1.82) is 0 Å². The summed E-state index contributed by atoms with van der Waals surface area (Å²) in [5, 5.41) is 0. The lowest BCUT2D eigenvalue weighted by Gasteiger charge is -2.02. The molecule has 4 rings (SSSR count). The van der Waals surface area contributed by atoms with Crippen LogP contribution < -0.4 is 4.57 Å². The van der Waals surface area contributed by atoms with Crippen molar-refractivity contribution in [2.24, 2.45) is 0 Å². The highest BCUT2D eigenvalue weighted by atomic mass is 79.9. The first-order valence-corrected chi connectivity index (χ1v) is 9.20. The predicted molar refractivity (Wildman–Crippen MR) is 107 cm³/mol. The Labute approximate surface area is 156 Å². The van der Waals surface area contributed by atoms with Crippen molar-refractivity contribution in [3.63, 3.8) is 0 Å². The first-order valence-electron chi connectivity index (χ1n) is 8.41. The number of halogens is 1. The highest BCUT2D eigenvalue weighted by Crippen LogP contribution is 2.25. The molecule has 0 saturated carbocycles. The fourth-order valence-electron chi connectivity index (χ4n) is 3.35. The van der Waals surface area contributed by atoms with E-state index >= 15 is 0 Å². The summed E-state index contributed by atoms with van der Waals surface area (Å²) in [6, 6.07) is 23.8. The van der Waals surface area contributed by atoms with E-state index < -0.39 is 0 Å². The largest absolute Gasteiger partial charge is 0.264 e. The number of hydrogen-bond acceptors (Lipinski definition) is 0. The van der Waals surface area contributed by atoms with Crippen LogP contribution in [0.2, 0.25) is 0 Å². The van der Waals surface area contributed by atoms with Crippen molar-refractivity contribution in [3.8, 4) is 11.4 Å². The number of rotatable bonds is 2. The average Bonchev–Trinajstić information content (AvgIpc) is 2.88. The molecule has 3 heteroatoms. The van der Waals surface area contributed by atoms with Gasteiger partial charge < -0.3 is 0 Å². The molecule has 124 valence electrons. The molecule has 0 radical (unpaired) electrons. The lowest BCUT2D eigenvalue weighted by molar-refractivity contribution is -0.575. The van der Waals surface area contributed by atoms with Gasteiger partial charge in [0.25, 0.3) is 5.82 Å². The number of hydrogen-bond donors (Lipinski definition) is 0. The van der Waals surface area contributed by atoms with Crippen molar-refractivity contribution < 1.29 is 4.57 Å². The molecule has 0 aliphatic carbocycles. The second-order valence-corrected chi connectivity index (χ2v) is 7.44. The zero-order valence-electron chi connectivity index (χ0n) is 14.6. The number of aryl methyl sites for hydroxylation is 2. The van der Waals surface area contributed by atoms with Crippen LogP contribution in [0, 0.1) is 20.8 Å². The van der Waals surface area contributed by atoms with E-state index in [0.717, 1.165) is 4.47 Å². The summed E-state index contributed by atoms with van der Waals surface area (Å²) in [4.78, 5) is 0. The highest BCUT2D eigenvalue weighted by molar-refractivity contribution is 9.10. The minimum Gasteiger partial charge on any atom is -0.192 e. The Morgan fingerprint density at radius 3 is 2.00 bits per heavy atom. The number of nitrogens with zero attached hydrogens (tertiary/aromatic N) is 2. The van der Waals surface area contributed by atoms with E-state index in [1.54, 1.807) is 0 Å². The Bertz CT molecular complexity index is 1060. The van der Waals surface area contributed by atoms with Crippen molar-refractivity contribution in [1.82, 2.24) is 4.57 Å². The molecule has 0 atom stereocenters. The molecule has 0 spiro atoms. The molecule has 4 aromatic rings. The summed E-state index contributed by atoms with van der Waals surface area (Å²) in [6.07, 6.45) is 0. The third-order valence-corrected chi connectivity index (χ3v) is 5.14. The smallest absolute Gasteiger partial charge is 0.192 e. The van der Waals surface area contributed by atoms with Crippen molar-refractivity contribution in [2.45, 2.75) is 20.8 Å². The summed E-state index contributed by atoms with van der Waals surface area (Å²) >= 11 is 3.63. The van der Waals surface area contributed by atoms with E-state index in [2.05, 4.69) is 113 Å². The second kappa shape index (κ2) is 6.16. The molecule has 0 aliphatic rings. The molecule has 0 unspecified atom stereocenters. The van der Waals surface area contributed by atoms with Crippen LogP contribution in [-0.2, 0) is 0 Å². The van der Waals surface area contributed by atoms with Gasteiger partial charge in [0.05, 0.1) is 0 Å². The van der Waals surface area contributed by atoms with Crippen LogP contribution in [0.5, 0.6) is 0 Å². The summed E-state index contributed by atoms with van der Waals surface area (Å²) in [7, 11) is 0. The van der Waals surface area contributed by atoms with Gasteiger partial charge in [-0.3, -0.25) is 0 Å². The molecule has 0 N–H and O–H groups in total. The second-order valence-electron chi connectivity index (χ2n) is 6.52. The zero-order valence-corrected chi connectivity index (χ0v) is 16.2. The standard InChI is InChI=1S/C22H20BrN2/c1-15-4-9-19(10-5-15)24-17(3)25(20-11-6-16(2)7-12-20)22-14-18(23)8-13-21(22)24/h4-14H,1-3H3/q+1. The molecule has 0 aliphatic heterocycles. The van der Waals surface area contributed by atoms with E-state index in [-0.39, 0.29) is 0 Å². The van der Waals surface area contributed by atoms with E-state index in [1.165, 1.54) is 39.4 Å². The van der Waals surface area contributed by atoms with Crippen LogP contribution >= 0.6 is 15.9 Å². The number of aromatic nitrogens is 2. The fourth-order valence-corrected chi connectivity index (χ4v) is 3.70. The van der Waals surface area contributed by atoms with Crippen LogP contribution in [0.4, 0.5) is 0 Å². The van der Waals surface area contributed by atoms with Gasteiger partial charge in [0.1, 0.15) is 11.4 Å². The Kier molecular flexibility index (Phi) is 3.97. The molecular weight excluding hydrogens is 372 g/mol. The monoisotopic (exact) mass is 391 g/mol. The van der Waals surface area contributed by atoms with Gasteiger partial charge in [-0.15, -0.1) is 0 Å². The van der Waals surface area contributed by atoms with Crippen LogP contribution in [0.1, 0.15) is 17.0 Å². The van der Waals surface area contributed by atoms with Crippen molar-refractivity contribution >= 4 is 27.0 Å². The number of imidazole rings is 1. The number of benzene rings is 3. The van der Waals surface area contributed by atoms with Gasteiger partial charge in [0.2, 0.25) is 0 Å². The summed E-state index contributed by atoms with van der Waals surface area (Å²) in [6.45, 7) is 6.41. The molecule has 2 nitrogen and oxygen atoms in total. The quantitative estimate of drug-likeness (QED) is 0.393. The Hall–Kier alpha value is -2.39. The minimum atomic E-state index is 1.09. The minimum absolute atomic E-state index is 1.09. The maximum atomic E-state index is 3.63. The van der Waals surface area contributed by atoms with Gasteiger partial charge >= 0.3 is 0 Å². The zero-order chi connectivity index (χ0) is 17.6. The molecule has 0 fully saturated rings. The average molecular weight is 392 g/mol. The van der Waals surface area contributed by atoms with E-state index in [1.807, 2.05) is 0 Å². The normalized spacial score (nSPS) is 11.2. The summed E-state index contributed by atoms with van der Waals surface area (Å²) in [5.41, 5.74) is 7.29. The molecule has 1 aromatic heterocycles. The third-order valence-electron chi connectivity index (χ3n) is 4.65. The van der Waals surface area contributed by atoms with Crippen LogP contribution in [0.15, 0.2) is 71.2 Å². The molecule has 0 bridgehead atoms. The summed E-state index contributed by atoms with van der Waals surface area (Å²) < 4.78 is 5.72. The highest BCUT2D eigenvalue weighted by Gasteiger charge is 2.24. The van der Waals surface area contributed by atoms with Crippen molar-refractivity contribution in [2.75, 3.05) is 0 Å². The topological polar surface area (TPSA) is 8.81 Å². The molecule has 1 heterocycles. The van der Waals surface area contributed by atoms with E-state index in [9.17, 15) is 0 Å². The Morgan fingerprint density at radius 1 is 0.760 bits per heavy atom. The molecule has 0 amide bonds. The van der Waals surface area contributed by atoms with Crippen molar-refractivity contribution in [3.05, 3.63) is 88.2 Å². The fraction of sp³-hybridized carbons (Fsp3) is 0.136. The first kappa shape index (κ1) is 16.1. The SMILES string of the molecule is Cc1ccc(-n2c(C)[n+](-c3ccc(C)cc3)c3cc(Br)ccc32)cc1. The summed E-state index contributed by atoms with van der Waals surface area (Å²) in [5.74, 6) is 1.18.